The first-order chi connectivity index (χ1) is 15.1. The van der Waals surface area contributed by atoms with Crippen molar-refractivity contribution in [1.29, 1.82) is 0 Å². The molecule has 0 spiro atoms. The van der Waals surface area contributed by atoms with Crippen LogP contribution in [-0.2, 0) is 0 Å². The molecule has 2 N–H and O–H groups in total. The fourth-order valence-corrected chi connectivity index (χ4v) is 4.01. The van der Waals surface area contributed by atoms with Gasteiger partial charge >= 0.3 is 0 Å². The standard InChI is InChI=1S/C22H22FN7O/c1-14-12-30-13-15(11-17(23)21(30)27-14)28-22(31)16-3-4-18(20-19(16)25-6-7-26-20)29-9-2-5-24-8-10-29/h3-4,6-7,11-13,24H,2,5,8-10H2,1H3,(H,28,31). The van der Waals surface area contributed by atoms with Gasteiger partial charge in [-0.05, 0) is 32.0 Å². The van der Waals surface area contributed by atoms with Gasteiger partial charge in [0.25, 0.3) is 5.91 Å². The van der Waals surface area contributed by atoms with E-state index in [2.05, 4.69) is 30.5 Å². The maximum atomic E-state index is 14.4. The second kappa shape index (κ2) is 7.92. The van der Waals surface area contributed by atoms with Gasteiger partial charge in [-0.15, -0.1) is 0 Å². The third-order valence-electron chi connectivity index (χ3n) is 5.41. The van der Waals surface area contributed by atoms with Crippen LogP contribution in [0, 0.1) is 12.7 Å². The molecule has 0 atom stereocenters. The molecule has 4 heterocycles. The van der Waals surface area contributed by atoms with Crippen LogP contribution in [0.5, 0.6) is 0 Å². The van der Waals surface area contributed by atoms with Gasteiger partial charge < -0.3 is 19.9 Å². The molecule has 1 amide bonds. The number of nitrogens with one attached hydrogen (secondary N) is 2. The Kier molecular flexibility index (Phi) is 4.95. The Hall–Kier alpha value is -3.59. The number of halogens is 1. The predicted octanol–water partition coefficient (Wildman–Crippen LogP) is 2.78. The second-order valence-electron chi connectivity index (χ2n) is 7.62. The van der Waals surface area contributed by atoms with Gasteiger partial charge in [-0.1, -0.05) is 0 Å². The number of nitrogens with zero attached hydrogens (tertiary/aromatic N) is 5. The minimum Gasteiger partial charge on any atom is -0.368 e. The summed E-state index contributed by atoms with van der Waals surface area (Å²) in [4.78, 5) is 28.4. The molecule has 31 heavy (non-hydrogen) atoms. The van der Waals surface area contributed by atoms with Crippen LogP contribution >= 0.6 is 0 Å². The van der Waals surface area contributed by atoms with Crippen LogP contribution in [0.15, 0.2) is 43.0 Å². The minimum atomic E-state index is -0.499. The highest BCUT2D eigenvalue weighted by molar-refractivity contribution is 6.13. The van der Waals surface area contributed by atoms with Crippen molar-refractivity contribution >= 4 is 34.0 Å². The molecular formula is C22H22FN7O. The lowest BCUT2D eigenvalue weighted by atomic mass is 10.1. The highest BCUT2D eigenvalue weighted by Gasteiger charge is 2.19. The first-order valence-corrected chi connectivity index (χ1v) is 10.3. The monoisotopic (exact) mass is 419 g/mol. The fraction of sp³-hybridized carbons (Fsp3) is 0.273. The Morgan fingerprint density at radius 3 is 2.84 bits per heavy atom. The number of pyridine rings is 1. The molecule has 4 aromatic rings. The van der Waals surface area contributed by atoms with Crippen LogP contribution in [0.3, 0.4) is 0 Å². The molecule has 1 aliphatic heterocycles. The molecule has 0 bridgehead atoms. The van der Waals surface area contributed by atoms with Gasteiger partial charge in [-0.2, -0.15) is 0 Å². The number of carbonyl (C=O) groups is 1. The molecule has 0 saturated carbocycles. The summed E-state index contributed by atoms with van der Waals surface area (Å²) in [7, 11) is 0. The third-order valence-corrected chi connectivity index (χ3v) is 5.41. The molecule has 0 aliphatic carbocycles. The number of hydrogen-bond donors (Lipinski definition) is 2. The van der Waals surface area contributed by atoms with Gasteiger partial charge in [-0.25, -0.2) is 9.37 Å². The zero-order chi connectivity index (χ0) is 21.4. The van der Waals surface area contributed by atoms with Gasteiger partial charge in [0.05, 0.1) is 22.6 Å². The zero-order valence-corrected chi connectivity index (χ0v) is 17.1. The van der Waals surface area contributed by atoms with E-state index in [0.717, 1.165) is 38.3 Å². The number of imidazole rings is 1. The van der Waals surface area contributed by atoms with E-state index in [0.29, 0.717) is 28.0 Å². The summed E-state index contributed by atoms with van der Waals surface area (Å²) in [5.41, 5.74) is 3.82. The van der Waals surface area contributed by atoms with Crippen molar-refractivity contribution in [2.45, 2.75) is 13.3 Å². The normalized spacial score (nSPS) is 14.7. The van der Waals surface area contributed by atoms with Crippen molar-refractivity contribution in [2.24, 2.45) is 0 Å². The lowest BCUT2D eigenvalue weighted by Crippen LogP contribution is -2.28. The van der Waals surface area contributed by atoms with Crippen molar-refractivity contribution in [3.63, 3.8) is 0 Å². The number of aryl methyl sites for hydroxylation is 1. The van der Waals surface area contributed by atoms with E-state index < -0.39 is 5.82 Å². The summed E-state index contributed by atoms with van der Waals surface area (Å²) in [6, 6.07) is 4.95. The maximum absolute atomic E-state index is 14.4. The molecule has 158 valence electrons. The molecule has 1 fully saturated rings. The summed E-state index contributed by atoms with van der Waals surface area (Å²) in [6.45, 7) is 5.44. The first-order valence-electron chi connectivity index (χ1n) is 10.3. The molecule has 1 saturated heterocycles. The Morgan fingerprint density at radius 1 is 1.13 bits per heavy atom. The molecule has 5 rings (SSSR count). The summed E-state index contributed by atoms with van der Waals surface area (Å²) >= 11 is 0. The molecule has 1 aromatic carbocycles. The van der Waals surface area contributed by atoms with Gasteiger partial charge in [-0.3, -0.25) is 14.8 Å². The number of benzene rings is 1. The molecule has 3 aromatic heterocycles. The van der Waals surface area contributed by atoms with E-state index >= 15 is 0 Å². The molecule has 0 radical (unpaired) electrons. The molecule has 1 aliphatic rings. The lowest BCUT2D eigenvalue weighted by molar-refractivity contribution is 0.102. The van der Waals surface area contributed by atoms with Crippen LogP contribution in [0.25, 0.3) is 16.7 Å². The van der Waals surface area contributed by atoms with Crippen LogP contribution < -0.4 is 15.5 Å². The molecular weight excluding hydrogens is 397 g/mol. The Labute approximate surface area is 178 Å². The Balaban J connectivity index is 1.50. The lowest BCUT2D eigenvalue weighted by Gasteiger charge is -2.23. The van der Waals surface area contributed by atoms with Crippen LogP contribution in [0.4, 0.5) is 15.8 Å². The van der Waals surface area contributed by atoms with E-state index in [9.17, 15) is 9.18 Å². The summed E-state index contributed by atoms with van der Waals surface area (Å²) < 4.78 is 16.0. The fourth-order valence-electron chi connectivity index (χ4n) is 4.01. The van der Waals surface area contributed by atoms with Crippen molar-refractivity contribution < 1.29 is 9.18 Å². The second-order valence-corrected chi connectivity index (χ2v) is 7.62. The number of aromatic nitrogens is 4. The molecule has 0 unspecified atom stereocenters. The Morgan fingerprint density at radius 2 is 1.97 bits per heavy atom. The average Bonchev–Trinajstić information content (AvgIpc) is 2.96. The number of carbonyl (C=O) groups excluding carboxylic acids is 1. The third kappa shape index (κ3) is 3.68. The number of fused-ring (bicyclic) bond motifs is 2. The largest absolute Gasteiger partial charge is 0.368 e. The molecule has 9 heteroatoms. The van der Waals surface area contributed by atoms with Gasteiger partial charge in [0.2, 0.25) is 0 Å². The van der Waals surface area contributed by atoms with E-state index in [1.54, 1.807) is 42.2 Å². The summed E-state index contributed by atoms with van der Waals surface area (Å²) in [5.74, 6) is -0.870. The number of anilines is 2. The summed E-state index contributed by atoms with van der Waals surface area (Å²) in [6.07, 6.45) is 7.59. The maximum Gasteiger partial charge on any atom is 0.257 e. The van der Waals surface area contributed by atoms with Crippen molar-refractivity contribution in [1.82, 2.24) is 24.7 Å². The predicted molar refractivity (Wildman–Crippen MR) is 117 cm³/mol. The van der Waals surface area contributed by atoms with E-state index in [4.69, 9.17) is 0 Å². The first kappa shape index (κ1) is 19.4. The number of hydrogen-bond acceptors (Lipinski definition) is 6. The average molecular weight is 419 g/mol. The van der Waals surface area contributed by atoms with Crippen LogP contribution in [0.1, 0.15) is 22.5 Å². The Bertz CT molecular complexity index is 1280. The van der Waals surface area contributed by atoms with Crippen molar-refractivity contribution in [3.8, 4) is 0 Å². The van der Waals surface area contributed by atoms with Crippen LogP contribution in [0.2, 0.25) is 0 Å². The van der Waals surface area contributed by atoms with Gasteiger partial charge in [0.1, 0.15) is 11.0 Å². The highest BCUT2D eigenvalue weighted by Crippen LogP contribution is 2.28. The number of amides is 1. The molecule has 8 nitrogen and oxygen atoms in total. The van der Waals surface area contributed by atoms with Gasteiger partial charge in [0, 0.05) is 50.5 Å². The topological polar surface area (TPSA) is 87.5 Å². The number of rotatable bonds is 3. The quantitative estimate of drug-likeness (QED) is 0.531. The minimum absolute atomic E-state index is 0.225. The summed E-state index contributed by atoms with van der Waals surface area (Å²) in [5, 5.41) is 6.17. The highest BCUT2D eigenvalue weighted by atomic mass is 19.1. The van der Waals surface area contributed by atoms with E-state index in [1.807, 2.05) is 6.07 Å². The van der Waals surface area contributed by atoms with Gasteiger partial charge in [0.15, 0.2) is 11.5 Å². The zero-order valence-electron chi connectivity index (χ0n) is 17.1. The van der Waals surface area contributed by atoms with Crippen molar-refractivity contribution in [3.05, 3.63) is 60.1 Å². The SMILES string of the molecule is Cc1cn2cc(NC(=O)c3ccc(N4CCCNCC4)c4nccnc34)cc(F)c2n1. The van der Waals surface area contributed by atoms with E-state index in [1.165, 1.54) is 6.07 Å². The smallest absolute Gasteiger partial charge is 0.257 e. The van der Waals surface area contributed by atoms with Crippen molar-refractivity contribution in [2.75, 3.05) is 36.4 Å². The van der Waals surface area contributed by atoms with Crippen LogP contribution in [-0.4, -0.2) is 51.4 Å². The van der Waals surface area contributed by atoms with E-state index in [-0.39, 0.29) is 11.6 Å².